The summed E-state index contributed by atoms with van der Waals surface area (Å²) in [5.41, 5.74) is 0. The molecule has 1 rings (SSSR count). The number of methoxy groups -OCH3 is 1. The third-order valence-corrected chi connectivity index (χ3v) is 3.65. The lowest BCUT2D eigenvalue weighted by Crippen LogP contribution is -2.16. The zero-order valence-corrected chi connectivity index (χ0v) is 13.9. The first-order valence-corrected chi connectivity index (χ1v) is 8.13. The van der Waals surface area contributed by atoms with E-state index in [9.17, 15) is 0 Å². The van der Waals surface area contributed by atoms with E-state index >= 15 is 0 Å². The van der Waals surface area contributed by atoms with E-state index in [4.69, 9.17) is 4.74 Å². The summed E-state index contributed by atoms with van der Waals surface area (Å²) in [7, 11) is 1.66. The first-order valence-electron chi connectivity index (χ1n) is 8.13. The first-order chi connectivity index (χ1) is 10.3. The number of aromatic nitrogens is 2. The standard InChI is InChI=1S/C16H30N4O/c1-5-8-9-13(7-3)11-18-16-14(21-4)15(17-10-6-2)19-12-20-16/h12-13H,5-11H2,1-4H3,(H2,17,18,19,20). The number of unbranched alkanes of at least 4 members (excludes halogenated alkanes) is 1. The SMILES string of the molecule is CCCCC(CC)CNc1ncnc(NCCC)c1OC. The van der Waals surface area contributed by atoms with Gasteiger partial charge in [-0.15, -0.1) is 0 Å². The topological polar surface area (TPSA) is 59.1 Å². The van der Waals surface area contributed by atoms with Gasteiger partial charge in [-0.1, -0.05) is 40.0 Å². The molecule has 0 saturated carbocycles. The van der Waals surface area contributed by atoms with Crippen molar-refractivity contribution >= 4 is 11.6 Å². The van der Waals surface area contributed by atoms with E-state index in [1.165, 1.54) is 25.7 Å². The maximum absolute atomic E-state index is 5.47. The number of hydrogen-bond donors (Lipinski definition) is 2. The van der Waals surface area contributed by atoms with Crippen LogP contribution in [0.3, 0.4) is 0 Å². The van der Waals surface area contributed by atoms with Crippen molar-refractivity contribution in [1.29, 1.82) is 0 Å². The molecule has 0 aromatic carbocycles. The highest BCUT2D eigenvalue weighted by Crippen LogP contribution is 2.29. The van der Waals surface area contributed by atoms with Crippen LogP contribution in [0.2, 0.25) is 0 Å². The second-order valence-electron chi connectivity index (χ2n) is 5.33. The van der Waals surface area contributed by atoms with Crippen LogP contribution in [-0.2, 0) is 0 Å². The predicted molar refractivity (Wildman–Crippen MR) is 89.2 cm³/mol. The van der Waals surface area contributed by atoms with Gasteiger partial charge >= 0.3 is 0 Å². The summed E-state index contributed by atoms with van der Waals surface area (Å²) < 4.78 is 5.47. The van der Waals surface area contributed by atoms with Crippen molar-refractivity contribution in [3.63, 3.8) is 0 Å². The molecule has 0 fully saturated rings. The van der Waals surface area contributed by atoms with Crippen LogP contribution in [-0.4, -0.2) is 30.2 Å². The molecule has 1 atom stereocenters. The van der Waals surface area contributed by atoms with Crippen molar-refractivity contribution in [3.05, 3.63) is 6.33 Å². The molecule has 5 nitrogen and oxygen atoms in total. The van der Waals surface area contributed by atoms with Crippen LogP contribution in [0.1, 0.15) is 52.9 Å². The summed E-state index contributed by atoms with van der Waals surface area (Å²) in [5.74, 6) is 2.92. The van der Waals surface area contributed by atoms with Crippen LogP contribution in [0.25, 0.3) is 0 Å². The molecule has 0 bridgehead atoms. The third kappa shape index (κ3) is 5.78. The Hall–Kier alpha value is -1.52. The molecule has 1 heterocycles. The van der Waals surface area contributed by atoms with Gasteiger partial charge in [-0.2, -0.15) is 0 Å². The normalized spacial score (nSPS) is 12.0. The van der Waals surface area contributed by atoms with Crippen molar-refractivity contribution in [2.75, 3.05) is 30.8 Å². The summed E-state index contributed by atoms with van der Waals surface area (Å²) in [6, 6.07) is 0. The minimum Gasteiger partial charge on any atom is -0.490 e. The summed E-state index contributed by atoms with van der Waals surface area (Å²) in [6.45, 7) is 8.41. The Labute approximate surface area is 128 Å². The van der Waals surface area contributed by atoms with E-state index in [1.807, 2.05) is 0 Å². The van der Waals surface area contributed by atoms with Crippen LogP contribution in [0, 0.1) is 5.92 Å². The number of hydrogen-bond acceptors (Lipinski definition) is 5. The van der Waals surface area contributed by atoms with E-state index in [-0.39, 0.29) is 0 Å². The smallest absolute Gasteiger partial charge is 0.204 e. The second kappa shape index (κ2) is 10.2. The highest BCUT2D eigenvalue weighted by molar-refractivity contribution is 5.63. The highest BCUT2D eigenvalue weighted by Gasteiger charge is 2.13. The van der Waals surface area contributed by atoms with Gasteiger partial charge in [0.2, 0.25) is 5.75 Å². The zero-order valence-electron chi connectivity index (χ0n) is 13.9. The molecule has 1 aromatic rings. The molecule has 5 heteroatoms. The molecular weight excluding hydrogens is 264 g/mol. The van der Waals surface area contributed by atoms with Gasteiger partial charge in [-0.05, 0) is 18.8 Å². The Morgan fingerprint density at radius 2 is 1.81 bits per heavy atom. The Kier molecular flexibility index (Phi) is 8.55. The van der Waals surface area contributed by atoms with Crippen molar-refractivity contribution in [3.8, 4) is 5.75 Å². The molecule has 0 aliphatic rings. The van der Waals surface area contributed by atoms with Crippen LogP contribution in [0.4, 0.5) is 11.6 Å². The Bertz CT molecular complexity index is 398. The summed E-state index contributed by atoms with van der Waals surface area (Å²) in [5, 5.41) is 6.70. The molecule has 0 aliphatic heterocycles. The molecule has 0 radical (unpaired) electrons. The molecule has 120 valence electrons. The number of rotatable bonds is 11. The molecule has 1 aromatic heterocycles. The van der Waals surface area contributed by atoms with Gasteiger partial charge in [0.25, 0.3) is 0 Å². The fourth-order valence-corrected chi connectivity index (χ4v) is 2.25. The number of anilines is 2. The van der Waals surface area contributed by atoms with E-state index in [1.54, 1.807) is 13.4 Å². The Morgan fingerprint density at radius 1 is 1.10 bits per heavy atom. The quantitative estimate of drug-likeness (QED) is 0.647. The average Bonchev–Trinajstić information content (AvgIpc) is 2.53. The van der Waals surface area contributed by atoms with Crippen molar-refractivity contribution in [1.82, 2.24) is 9.97 Å². The first kappa shape index (κ1) is 17.5. The van der Waals surface area contributed by atoms with Gasteiger partial charge in [0.15, 0.2) is 11.6 Å². The van der Waals surface area contributed by atoms with Gasteiger partial charge in [0.1, 0.15) is 6.33 Å². The number of nitrogens with one attached hydrogen (secondary N) is 2. The summed E-state index contributed by atoms with van der Waals surface area (Å²) >= 11 is 0. The molecule has 0 amide bonds. The predicted octanol–water partition coefficient (Wildman–Crippen LogP) is 3.94. The average molecular weight is 294 g/mol. The number of nitrogens with zero attached hydrogens (tertiary/aromatic N) is 2. The fourth-order valence-electron chi connectivity index (χ4n) is 2.25. The second-order valence-corrected chi connectivity index (χ2v) is 5.33. The minimum atomic E-state index is 0.677. The molecule has 0 spiro atoms. The lowest BCUT2D eigenvalue weighted by Gasteiger charge is -2.18. The van der Waals surface area contributed by atoms with Crippen LogP contribution in [0.5, 0.6) is 5.75 Å². The van der Waals surface area contributed by atoms with Gasteiger partial charge < -0.3 is 15.4 Å². The fraction of sp³-hybridized carbons (Fsp3) is 0.750. The van der Waals surface area contributed by atoms with Crippen LogP contribution < -0.4 is 15.4 Å². The van der Waals surface area contributed by atoms with Crippen molar-refractivity contribution in [2.45, 2.75) is 52.9 Å². The molecule has 1 unspecified atom stereocenters. The minimum absolute atomic E-state index is 0.677. The van der Waals surface area contributed by atoms with Gasteiger partial charge in [0.05, 0.1) is 7.11 Å². The van der Waals surface area contributed by atoms with Crippen LogP contribution >= 0.6 is 0 Å². The molecule has 2 N–H and O–H groups in total. The van der Waals surface area contributed by atoms with Crippen LogP contribution in [0.15, 0.2) is 6.33 Å². The lowest BCUT2D eigenvalue weighted by molar-refractivity contribution is 0.413. The summed E-state index contributed by atoms with van der Waals surface area (Å²) in [6.07, 6.45) is 7.60. The van der Waals surface area contributed by atoms with E-state index in [2.05, 4.69) is 41.4 Å². The zero-order chi connectivity index (χ0) is 15.5. The Balaban J connectivity index is 2.68. The molecule has 21 heavy (non-hydrogen) atoms. The Morgan fingerprint density at radius 3 is 2.38 bits per heavy atom. The summed E-state index contributed by atoms with van der Waals surface area (Å²) in [4.78, 5) is 8.57. The third-order valence-electron chi connectivity index (χ3n) is 3.65. The largest absolute Gasteiger partial charge is 0.490 e. The highest BCUT2D eigenvalue weighted by atomic mass is 16.5. The van der Waals surface area contributed by atoms with Gasteiger partial charge in [-0.3, -0.25) is 0 Å². The molecule has 0 saturated heterocycles. The maximum atomic E-state index is 5.47. The van der Waals surface area contributed by atoms with E-state index in [0.717, 1.165) is 31.1 Å². The van der Waals surface area contributed by atoms with Crippen molar-refractivity contribution < 1.29 is 4.74 Å². The van der Waals surface area contributed by atoms with Gasteiger partial charge in [0, 0.05) is 13.1 Å². The van der Waals surface area contributed by atoms with E-state index < -0.39 is 0 Å². The van der Waals surface area contributed by atoms with Gasteiger partial charge in [-0.25, -0.2) is 9.97 Å². The van der Waals surface area contributed by atoms with E-state index in [0.29, 0.717) is 11.7 Å². The monoisotopic (exact) mass is 294 g/mol. The maximum Gasteiger partial charge on any atom is 0.204 e. The molecule has 0 aliphatic carbocycles. The molecular formula is C16H30N4O. The van der Waals surface area contributed by atoms with Crippen molar-refractivity contribution in [2.24, 2.45) is 5.92 Å². The lowest BCUT2D eigenvalue weighted by atomic mass is 9.99. The number of ether oxygens (including phenoxy) is 1.